The third-order valence-corrected chi connectivity index (χ3v) is 9.22. The number of piperidine rings is 1. The second kappa shape index (κ2) is 13.4. The Labute approximate surface area is 270 Å². The SMILES string of the molecule is CC(C)(Oc1cccc(N2CCCC(C(=O)N(Cc3ccc(-c4ccccn4)cc3)C3CC3)C2)c1)C(=O)N1CCN(C(=O)O)CC1. The monoisotopic (exact) mass is 625 g/mol. The molecule has 2 aliphatic heterocycles. The third-order valence-electron chi connectivity index (χ3n) is 9.22. The number of ether oxygens (including phenoxy) is 1. The molecule has 1 saturated carbocycles. The highest BCUT2D eigenvalue weighted by molar-refractivity contribution is 5.85. The highest BCUT2D eigenvalue weighted by atomic mass is 16.5. The minimum atomic E-state index is -1.12. The van der Waals surface area contributed by atoms with E-state index in [0.717, 1.165) is 54.7 Å². The first kappa shape index (κ1) is 31.4. The molecule has 0 radical (unpaired) electrons. The number of nitrogens with zero attached hydrogens (tertiary/aromatic N) is 5. The van der Waals surface area contributed by atoms with Gasteiger partial charge in [0.1, 0.15) is 5.75 Å². The van der Waals surface area contributed by atoms with Gasteiger partial charge in [0.2, 0.25) is 5.91 Å². The molecule has 46 heavy (non-hydrogen) atoms. The summed E-state index contributed by atoms with van der Waals surface area (Å²) in [5, 5.41) is 9.22. The van der Waals surface area contributed by atoms with Gasteiger partial charge in [0.05, 0.1) is 11.6 Å². The number of amides is 3. The van der Waals surface area contributed by atoms with Crippen LogP contribution in [0.1, 0.15) is 45.1 Å². The Hall–Kier alpha value is -4.60. The van der Waals surface area contributed by atoms with Gasteiger partial charge >= 0.3 is 6.09 Å². The van der Waals surface area contributed by atoms with Crippen LogP contribution in [0.3, 0.4) is 0 Å². The van der Waals surface area contributed by atoms with Crippen LogP contribution in [0, 0.1) is 5.92 Å². The highest BCUT2D eigenvalue weighted by Gasteiger charge is 2.38. The van der Waals surface area contributed by atoms with E-state index in [-0.39, 0.29) is 30.8 Å². The van der Waals surface area contributed by atoms with Crippen LogP contribution in [0.5, 0.6) is 5.75 Å². The number of carbonyl (C=O) groups excluding carboxylic acids is 2. The van der Waals surface area contributed by atoms with E-state index in [4.69, 9.17) is 4.74 Å². The fraction of sp³-hybridized carbons (Fsp3) is 0.444. The average molecular weight is 626 g/mol. The van der Waals surface area contributed by atoms with Gasteiger partial charge in [-0.3, -0.25) is 14.6 Å². The molecule has 2 saturated heterocycles. The number of anilines is 1. The lowest BCUT2D eigenvalue weighted by Crippen LogP contribution is -2.56. The van der Waals surface area contributed by atoms with Gasteiger partial charge < -0.3 is 29.4 Å². The number of carboxylic acid groups (broad SMARTS) is 1. The summed E-state index contributed by atoms with van der Waals surface area (Å²) < 4.78 is 6.25. The molecule has 1 N–H and O–H groups in total. The molecule has 3 heterocycles. The van der Waals surface area contributed by atoms with E-state index in [0.29, 0.717) is 38.0 Å². The largest absolute Gasteiger partial charge is 0.478 e. The average Bonchev–Trinajstić information content (AvgIpc) is 3.93. The summed E-state index contributed by atoms with van der Waals surface area (Å²) >= 11 is 0. The van der Waals surface area contributed by atoms with Crippen molar-refractivity contribution >= 4 is 23.6 Å². The molecular formula is C36H43N5O5. The first-order valence-corrected chi connectivity index (χ1v) is 16.3. The third kappa shape index (κ3) is 7.27. The Morgan fingerprint density at radius 1 is 0.913 bits per heavy atom. The predicted molar refractivity (Wildman–Crippen MR) is 176 cm³/mol. The maximum absolute atomic E-state index is 14.0. The summed E-state index contributed by atoms with van der Waals surface area (Å²) in [6, 6.07) is 22.3. The van der Waals surface area contributed by atoms with Crippen LogP contribution in [0.2, 0.25) is 0 Å². The van der Waals surface area contributed by atoms with Gasteiger partial charge in [-0.1, -0.05) is 36.4 Å². The Morgan fingerprint density at radius 3 is 2.33 bits per heavy atom. The lowest BCUT2D eigenvalue weighted by atomic mass is 9.95. The zero-order valence-corrected chi connectivity index (χ0v) is 26.7. The van der Waals surface area contributed by atoms with Crippen molar-refractivity contribution in [3.63, 3.8) is 0 Å². The fourth-order valence-corrected chi connectivity index (χ4v) is 6.50. The summed E-state index contributed by atoms with van der Waals surface area (Å²) in [6.07, 6.45) is 4.72. The molecule has 1 atom stereocenters. The first-order chi connectivity index (χ1) is 22.2. The second-order valence-corrected chi connectivity index (χ2v) is 13.1. The maximum Gasteiger partial charge on any atom is 0.407 e. The minimum Gasteiger partial charge on any atom is -0.478 e. The number of rotatable bonds is 9. The van der Waals surface area contributed by atoms with Crippen molar-refractivity contribution in [3.8, 4) is 17.0 Å². The van der Waals surface area contributed by atoms with Crippen LogP contribution in [-0.4, -0.2) is 93.6 Å². The summed E-state index contributed by atoms with van der Waals surface area (Å²) in [5.41, 5.74) is 2.97. The molecule has 1 aromatic heterocycles. The first-order valence-electron chi connectivity index (χ1n) is 16.3. The molecular weight excluding hydrogens is 582 g/mol. The number of aromatic nitrogens is 1. The summed E-state index contributed by atoms with van der Waals surface area (Å²) in [6.45, 7) is 6.86. The van der Waals surface area contributed by atoms with E-state index in [1.165, 1.54) is 4.90 Å². The van der Waals surface area contributed by atoms with Crippen molar-refractivity contribution in [2.75, 3.05) is 44.2 Å². The van der Waals surface area contributed by atoms with Crippen molar-refractivity contribution in [2.45, 2.75) is 57.7 Å². The van der Waals surface area contributed by atoms with E-state index in [1.54, 1.807) is 24.9 Å². The van der Waals surface area contributed by atoms with Gasteiger partial charge in [0, 0.05) is 75.4 Å². The number of benzene rings is 2. The predicted octanol–water partition coefficient (Wildman–Crippen LogP) is 5.14. The van der Waals surface area contributed by atoms with E-state index >= 15 is 0 Å². The molecule has 0 spiro atoms. The zero-order valence-electron chi connectivity index (χ0n) is 26.7. The molecule has 10 nitrogen and oxygen atoms in total. The van der Waals surface area contributed by atoms with E-state index in [2.05, 4.69) is 39.0 Å². The Bertz CT molecular complexity index is 1530. The maximum atomic E-state index is 14.0. The Kier molecular flexibility index (Phi) is 9.15. The normalized spacial score (nSPS) is 18.7. The van der Waals surface area contributed by atoms with Crippen molar-refractivity contribution in [3.05, 3.63) is 78.5 Å². The van der Waals surface area contributed by atoms with Gasteiger partial charge in [-0.2, -0.15) is 0 Å². The fourth-order valence-electron chi connectivity index (χ4n) is 6.50. The summed E-state index contributed by atoms with van der Waals surface area (Å²) in [7, 11) is 0. The number of hydrogen-bond acceptors (Lipinski definition) is 6. The van der Waals surface area contributed by atoms with Crippen LogP contribution in [0.25, 0.3) is 11.3 Å². The molecule has 3 amide bonds. The molecule has 3 aromatic rings. The zero-order chi connectivity index (χ0) is 32.3. The summed E-state index contributed by atoms with van der Waals surface area (Å²) in [5.74, 6) is 0.553. The number of hydrogen-bond donors (Lipinski definition) is 1. The molecule has 1 aliphatic carbocycles. The lowest BCUT2D eigenvalue weighted by molar-refractivity contribution is -0.147. The minimum absolute atomic E-state index is 0.0887. The lowest BCUT2D eigenvalue weighted by Gasteiger charge is -2.38. The molecule has 1 unspecified atom stereocenters. The second-order valence-electron chi connectivity index (χ2n) is 13.1. The molecule has 6 rings (SSSR count). The molecule has 2 aromatic carbocycles. The van der Waals surface area contributed by atoms with Crippen LogP contribution in [0.4, 0.5) is 10.5 Å². The highest BCUT2D eigenvalue weighted by Crippen LogP contribution is 2.34. The van der Waals surface area contributed by atoms with Gasteiger partial charge in [-0.25, -0.2) is 4.79 Å². The van der Waals surface area contributed by atoms with Crippen molar-refractivity contribution in [1.29, 1.82) is 0 Å². The van der Waals surface area contributed by atoms with Gasteiger partial charge in [0.15, 0.2) is 5.60 Å². The molecule has 3 fully saturated rings. The number of piperazine rings is 1. The van der Waals surface area contributed by atoms with Crippen LogP contribution < -0.4 is 9.64 Å². The Morgan fingerprint density at radius 2 is 1.65 bits per heavy atom. The number of pyridine rings is 1. The number of carbonyl (C=O) groups is 3. The topological polar surface area (TPSA) is 107 Å². The van der Waals surface area contributed by atoms with E-state index < -0.39 is 11.7 Å². The Balaban J connectivity index is 1.08. The van der Waals surface area contributed by atoms with Gasteiger partial charge in [-0.05, 0) is 69.4 Å². The standard InChI is InChI=1S/C36H43N5O5/c1-36(2,34(43)38-19-21-39(22-20-38)35(44)45)46-31-9-5-8-30(23-31)40-18-6-7-28(25-40)33(42)41(29-15-16-29)24-26-11-13-27(14-12-26)32-10-3-4-17-37-32/h3-5,8-14,17,23,28-29H,6-7,15-16,18-22,24-25H2,1-2H3,(H,44,45). The molecule has 3 aliphatic rings. The van der Waals surface area contributed by atoms with E-state index in [1.807, 2.05) is 42.5 Å². The molecule has 0 bridgehead atoms. The molecule has 242 valence electrons. The van der Waals surface area contributed by atoms with Crippen molar-refractivity contribution < 1.29 is 24.2 Å². The van der Waals surface area contributed by atoms with Crippen LogP contribution >= 0.6 is 0 Å². The van der Waals surface area contributed by atoms with Crippen LogP contribution in [-0.2, 0) is 16.1 Å². The van der Waals surface area contributed by atoms with Gasteiger partial charge in [-0.15, -0.1) is 0 Å². The van der Waals surface area contributed by atoms with E-state index in [9.17, 15) is 19.5 Å². The van der Waals surface area contributed by atoms with Crippen molar-refractivity contribution in [1.82, 2.24) is 19.7 Å². The van der Waals surface area contributed by atoms with Crippen molar-refractivity contribution in [2.24, 2.45) is 5.92 Å². The van der Waals surface area contributed by atoms with Crippen LogP contribution in [0.15, 0.2) is 72.9 Å². The molecule has 10 heteroatoms. The smallest absolute Gasteiger partial charge is 0.407 e. The van der Waals surface area contributed by atoms with Gasteiger partial charge in [0.25, 0.3) is 5.91 Å². The quantitative estimate of drug-likeness (QED) is 0.351. The summed E-state index contributed by atoms with van der Waals surface area (Å²) in [4.78, 5) is 50.3.